The van der Waals surface area contributed by atoms with Crippen LogP contribution < -0.4 is 5.32 Å². The first-order valence-electron chi connectivity index (χ1n) is 8.10. The quantitative estimate of drug-likeness (QED) is 0.587. The van der Waals surface area contributed by atoms with Gasteiger partial charge in [0.2, 0.25) is 11.1 Å². The van der Waals surface area contributed by atoms with Crippen molar-refractivity contribution in [2.24, 2.45) is 13.0 Å². The molecule has 0 spiro atoms. The minimum Gasteiger partial charge on any atom is -0.468 e. The second-order valence-electron chi connectivity index (χ2n) is 5.88. The maximum atomic E-state index is 12.4. The summed E-state index contributed by atoms with van der Waals surface area (Å²) in [4.78, 5) is 14.6. The smallest absolute Gasteiger partial charge is 0.224 e. The summed E-state index contributed by atoms with van der Waals surface area (Å²) in [6.07, 6.45) is 3.67. The summed E-state index contributed by atoms with van der Waals surface area (Å²) in [7, 11) is 1.80. The van der Waals surface area contributed by atoms with Crippen molar-refractivity contribution in [2.75, 3.05) is 25.4 Å². The summed E-state index contributed by atoms with van der Waals surface area (Å²) in [5.74, 6) is 1.89. The molecule has 1 saturated heterocycles. The van der Waals surface area contributed by atoms with E-state index in [1.54, 1.807) is 18.0 Å². The van der Waals surface area contributed by atoms with E-state index < -0.39 is 0 Å². The van der Waals surface area contributed by atoms with Crippen LogP contribution >= 0.6 is 11.8 Å². The summed E-state index contributed by atoms with van der Waals surface area (Å²) in [6.45, 7) is 3.18. The van der Waals surface area contributed by atoms with Crippen molar-refractivity contribution in [3.63, 3.8) is 0 Å². The minimum absolute atomic E-state index is 0.0511. The highest BCUT2D eigenvalue weighted by Crippen LogP contribution is 2.19. The molecular formula is C15H22N6O2S. The van der Waals surface area contributed by atoms with E-state index >= 15 is 0 Å². The molecule has 1 aliphatic rings. The van der Waals surface area contributed by atoms with Crippen molar-refractivity contribution in [2.45, 2.75) is 24.5 Å². The van der Waals surface area contributed by atoms with Crippen LogP contribution in [0.4, 0.5) is 0 Å². The molecule has 0 unspecified atom stereocenters. The fraction of sp³-hybridized carbons (Fsp3) is 0.600. The maximum Gasteiger partial charge on any atom is 0.224 e. The zero-order valence-electron chi connectivity index (χ0n) is 13.7. The van der Waals surface area contributed by atoms with Gasteiger partial charge in [-0.2, -0.15) is 0 Å². The Bertz CT molecular complexity index is 644. The van der Waals surface area contributed by atoms with E-state index in [1.165, 1.54) is 11.8 Å². The lowest BCUT2D eigenvalue weighted by molar-refractivity contribution is -0.126. The lowest BCUT2D eigenvalue weighted by atomic mass is 9.97. The Labute approximate surface area is 145 Å². The van der Waals surface area contributed by atoms with E-state index in [-0.39, 0.29) is 11.8 Å². The van der Waals surface area contributed by atoms with Crippen molar-refractivity contribution in [1.29, 1.82) is 0 Å². The van der Waals surface area contributed by atoms with E-state index in [0.717, 1.165) is 49.1 Å². The number of furan rings is 1. The van der Waals surface area contributed by atoms with Crippen LogP contribution in [0.25, 0.3) is 0 Å². The SMILES string of the molecule is Cn1nnnc1SCCNC(=O)[C@H]1CCCN(Cc2ccco2)C1. The summed E-state index contributed by atoms with van der Waals surface area (Å²) in [5.41, 5.74) is 0. The number of rotatable bonds is 7. The molecule has 1 atom stereocenters. The van der Waals surface area contributed by atoms with Gasteiger partial charge in [0.15, 0.2) is 0 Å². The highest BCUT2D eigenvalue weighted by Gasteiger charge is 2.25. The van der Waals surface area contributed by atoms with Gasteiger partial charge in [-0.05, 0) is 41.9 Å². The first-order chi connectivity index (χ1) is 11.7. The largest absolute Gasteiger partial charge is 0.468 e. The maximum absolute atomic E-state index is 12.4. The topological polar surface area (TPSA) is 89.1 Å². The van der Waals surface area contributed by atoms with Gasteiger partial charge >= 0.3 is 0 Å². The third kappa shape index (κ3) is 4.57. The summed E-state index contributed by atoms with van der Waals surface area (Å²) in [6, 6.07) is 3.87. The van der Waals surface area contributed by atoms with Gasteiger partial charge in [0, 0.05) is 25.9 Å². The molecule has 24 heavy (non-hydrogen) atoms. The molecule has 9 heteroatoms. The molecule has 0 saturated carbocycles. The Balaban J connectivity index is 1.38. The number of carbonyl (C=O) groups is 1. The first kappa shape index (κ1) is 17.0. The highest BCUT2D eigenvalue weighted by atomic mass is 32.2. The molecule has 130 valence electrons. The standard InChI is InChI=1S/C15H22N6O2S/c1-20-15(17-18-19-20)24-9-6-16-14(22)12-4-2-7-21(10-12)11-13-5-3-8-23-13/h3,5,8,12H,2,4,6-7,9-11H2,1H3,(H,16,22)/t12-/m0/s1. The number of amides is 1. The second-order valence-corrected chi connectivity index (χ2v) is 6.94. The van der Waals surface area contributed by atoms with Gasteiger partial charge in [-0.15, -0.1) is 5.10 Å². The van der Waals surface area contributed by atoms with Gasteiger partial charge in [0.25, 0.3) is 0 Å². The molecule has 3 heterocycles. The van der Waals surface area contributed by atoms with Gasteiger partial charge in [-0.1, -0.05) is 11.8 Å². The summed E-state index contributed by atoms with van der Waals surface area (Å²) >= 11 is 1.53. The molecule has 2 aromatic rings. The van der Waals surface area contributed by atoms with Gasteiger partial charge in [0.1, 0.15) is 5.76 Å². The van der Waals surface area contributed by atoms with Crippen molar-refractivity contribution in [3.05, 3.63) is 24.2 Å². The molecule has 0 radical (unpaired) electrons. The van der Waals surface area contributed by atoms with E-state index in [2.05, 4.69) is 25.7 Å². The monoisotopic (exact) mass is 350 g/mol. The average molecular weight is 350 g/mol. The third-order valence-corrected chi connectivity index (χ3v) is 5.06. The first-order valence-corrected chi connectivity index (χ1v) is 9.08. The number of tetrazole rings is 1. The molecule has 1 fully saturated rings. The molecule has 1 N–H and O–H groups in total. The van der Waals surface area contributed by atoms with Crippen LogP contribution in [-0.4, -0.2) is 56.4 Å². The van der Waals surface area contributed by atoms with Crippen molar-refractivity contribution in [3.8, 4) is 0 Å². The molecule has 0 aromatic carbocycles. The number of nitrogens with zero attached hydrogens (tertiary/aromatic N) is 5. The number of carbonyl (C=O) groups excluding carboxylic acids is 1. The Morgan fingerprint density at radius 1 is 1.54 bits per heavy atom. The van der Waals surface area contributed by atoms with Crippen LogP contribution in [0.3, 0.4) is 0 Å². The van der Waals surface area contributed by atoms with Gasteiger partial charge in [0.05, 0.1) is 18.7 Å². The van der Waals surface area contributed by atoms with E-state index in [4.69, 9.17) is 4.42 Å². The van der Waals surface area contributed by atoms with Crippen LogP contribution in [0, 0.1) is 5.92 Å². The van der Waals surface area contributed by atoms with Gasteiger partial charge < -0.3 is 9.73 Å². The van der Waals surface area contributed by atoms with Crippen molar-refractivity contribution >= 4 is 17.7 Å². The number of piperidine rings is 1. The minimum atomic E-state index is 0.0511. The summed E-state index contributed by atoms with van der Waals surface area (Å²) < 4.78 is 7.02. The zero-order valence-corrected chi connectivity index (χ0v) is 14.5. The Hall–Kier alpha value is -1.87. The molecule has 8 nitrogen and oxygen atoms in total. The van der Waals surface area contributed by atoms with Crippen molar-refractivity contribution in [1.82, 2.24) is 30.4 Å². The number of nitrogens with one attached hydrogen (secondary N) is 1. The highest BCUT2D eigenvalue weighted by molar-refractivity contribution is 7.99. The van der Waals surface area contributed by atoms with Crippen LogP contribution in [0.15, 0.2) is 28.0 Å². The van der Waals surface area contributed by atoms with Crippen LogP contribution in [-0.2, 0) is 18.4 Å². The van der Waals surface area contributed by atoms with E-state index in [1.807, 2.05) is 12.1 Å². The number of aromatic nitrogens is 4. The zero-order chi connectivity index (χ0) is 16.8. The van der Waals surface area contributed by atoms with Crippen molar-refractivity contribution < 1.29 is 9.21 Å². The van der Waals surface area contributed by atoms with Crippen LogP contribution in [0.2, 0.25) is 0 Å². The normalized spacial score (nSPS) is 18.6. The lowest BCUT2D eigenvalue weighted by Gasteiger charge is -2.31. The third-order valence-electron chi connectivity index (χ3n) is 4.05. The van der Waals surface area contributed by atoms with E-state index in [9.17, 15) is 4.79 Å². The molecule has 1 amide bonds. The van der Waals surface area contributed by atoms with E-state index in [0.29, 0.717) is 6.54 Å². The molecule has 0 aliphatic carbocycles. The number of hydrogen-bond donors (Lipinski definition) is 1. The second kappa shape index (κ2) is 8.29. The fourth-order valence-electron chi connectivity index (χ4n) is 2.84. The predicted molar refractivity (Wildman–Crippen MR) is 89.2 cm³/mol. The Kier molecular flexibility index (Phi) is 5.86. The molecular weight excluding hydrogens is 328 g/mol. The number of hydrogen-bond acceptors (Lipinski definition) is 7. The molecule has 2 aromatic heterocycles. The molecule has 3 rings (SSSR count). The van der Waals surface area contributed by atoms with Gasteiger partial charge in [-0.3, -0.25) is 9.69 Å². The molecule has 1 aliphatic heterocycles. The van der Waals surface area contributed by atoms with Crippen LogP contribution in [0.5, 0.6) is 0 Å². The number of likely N-dealkylation sites (tertiary alicyclic amines) is 1. The predicted octanol–water partition coefficient (Wildman–Crippen LogP) is 0.924. The van der Waals surface area contributed by atoms with Crippen LogP contribution in [0.1, 0.15) is 18.6 Å². The Morgan fingerprint density at radius 2 is 2.46 bits per heavy atom. The number of aryl methyl sites for hydroxylation is 1. The Morgan fingerprint density at radius 3 is 3.21 bits per heavy atom. The lowest BCUT2D eigenvalue weighted by Crippen LogP contribution is -2.43. The number of thioether (sulfide) groups is 1. The molecule has 0 bridgehead atoms. The summed E-state index contributed by atoms with van der Waals surface area (Å²) in [5, 5.41) is 15.1. The fourth-order valence-corrected chi connectivity index (χ4v) is 3.54. The average Bonchev–Trinajstić information content (AvgIpc) is 3.24. The van der Waals surface area contributed by atoms with Gasteiger partial charge in [-0.25, -0.2) is 4.68 Å².